The molecule has 0 radical (unpaired) electrons. The first-order valence-corrected chi connectivity index (χ1v) is 7.96. The number of ether oxygens (including phenoxy) is 1. The lowest BCUT2D eigenvalue weighted by atomic mass is 9.95. The molecule has 0 aliphatic carbocycles. The van der Waals surface area contributed by atoms with E-state index in [1.54, 1.807) is 0 Å². The molecule has 0 amide bonds. The Kier molecular flexibility index (Phi) is 4.20. The van der Waals surface area contributed by atoms with Gasteiger partial charge in [0, 0.05) is 0 Å². The summed E-state index contributed by atoms with van der Waals surface area (Å²) in [6, 6.07) is 21.0. The van der Waals surface area contributed by atoms with Crippen LogP contribution in [0.1, 0.15) is 22.3 Å². The van der Waals surface area contributed by atoms with Gasteiger partial charge in [-0.05, 0) is 74.2 Å². The van der Waals surface area contributed by atoms with Crippen molar-refractivity contribution in [1.29, 1.82) is 0 Å². The first-order chi connectivity index (χ1) is 11.0. The van der Waals surface area contributed by atoms with Crippen LogP contribution in [0.15, 0.2) is 60.7 Å². The van der Waals surface area contributed by atoms with E-state index in [4.69, 9.17) is 4.74 Å². The number of hydrogen-bond donors (Lipinski definition) is 0. The van der Waals surface area contributed by atoms with Gasteiger partial charge in [-0.1, -0.05) is 47.5 Å². The van der Waals surface area contributed by atoms with Gasteiger partial charge in [0.25, 0.3) is 0 Å². The summed E-state index contributed by atoms with van der Waals surface area (Å²) in [4.78, 5) is 0. The van der Waals surface area contributed by atoms with E-state index >= 15 is 0 Å². The molecule has 0 aliphatic rings. The maximum atomic E-state index is 6.02. The smallest absolute Gasteiger partial charge is 0.128 e. The van der Waals surface area contributed by atoms with Crippen LogP contribution in [0.25, 0.3) is 11.1 Å². The zero-order chi connectivity index (χ0) is 16.4. The van der Waals surface area contributed by atoms with Gasteiger partial charge in [0.15, 0.2) is 0 Å². The molecular formula is C22H22O. The topological polar surface area (TPSA) is 9.23 Å². The third-order valence-corrected chi connectivity index (χ3v) is 4.15. The molecule has 0 aromatic heterocycles. The largest absolute Gasteiger partial charge is 0.457 e. The van der Waals surface area contributed by atoms with E-state index in [2.05, 4.69) is 70.2 Å². The van der Waals surface area contributed by atoms with E-state index < -0.39 is 0 Å². The van der Waals surface area contributed by atoms with Crippen LogP contribution in [0, 0.1) is 27.7 Å². The first kappa shape index (κ1) is 15.4. The zero-order valence-corrected chi connectivity index (χ0v) is 14.2. The highest BCUT2D eigenvalue weighted by atomic mass is 16.5. The van der Waals surface area contributed by atoms with Gasteiger partial charge in [0.2, 0.25) is 0 Å². The summed E-state index contributed by atoms with van der Waals surface area (Å²) in [5, 5.41) is 0. The molecule has 0 N–H and O–H groups in total. The lowest BCUT2D eigenvalue weighted by molar-refractivity contribution is 0.482. The third kappa shape index (κ3) is 3.45. The fourth-order valence-electron chi connectivity index (χ4n) is 2.72. The Morgan fingerprint density at radius 3 is 1.74 bits per heavy atom. The molecule has 0 unspecified atom stereocenters. The van der Waals surface area contributed by atoms with Crippen molar-refractivity contribution in [2.45, 2.75) is 27.7 Å². The summed E-state index contributed by atoms with van der Waals surface area (Å²) in [5.41, 5.74) is 7.56. The van der Waals surface area contributed by atoms with Crippen molar-refractivity contribution in [2.24, 2.45) is 0 Å². The average Bonchev–Trinajstić information content (AvgIpc) is 2.54. The number of benzene rings is 3. The van der Waals surface area contributed by atoms with Gasteiger partial charge in [-0.25, -0.2) is 0 Å². The van der Waals surface area contributed by atoms with Crippen molar-refractivity contribution in [1.82, 2.24) is 0 Å². The Labute approximate surface area is 138 Å². The van der Waals surface area contributed by atoms with Crippen molar-refractivity contribution < 1.29 is 4.74 Å². The zero-order valence-electron chi connectivity index (χ0n) is 14.2. The van der Waals surface area contributed by atoms with Crippen LogP contribution in [-0.2, 0) is 0 Å². The molecule has 0 aliphatic heterocycles. The van der Waals surface area contributed by atoms with E-state index in [1.165, 1.54) is 33.4 Å². The van der Waals surface area contributed by atoms with Gasteiger partial charge >= 0.3 is 0 Å². The van der Waals surface area contributed by atoms with Gasteiger partial charge in [0.1, 0.15) is 11.5 Å². The fraction of sp³-hybridized carbons (Fsp3) is 0.182. The summed E-state index contributed by atoms with van der Waals surface area (Å²) in [5.74, 6) is 1.74. The van der Waals surface area contributed by atoms with Gasteiger partial charge in [0.05, 0.1) is 0 Å². The highest BCUT2D eigenvalue weighted by Crippen LogP contribution is 2.32. The second-order valence-electron chi connectivity index (χ2n) is 6.21. The lowest BCUT2D eigenvalue weighted by Gasteiger charge is -2.13. The molecule has 0 saturated heterocycles. The maximum absolute atomic E-state index is 6.02. The minimum atomic E-state index is 0.867. The molecule has 23 heavy (non-hydrogen) atoms. The van der Waals surface area contributed by atoms with Crippen molar-refractivity contribution in [3.8, 4) is 22.6 Å². The van der Waals surface area contributed by atoms with E-state index in [0.717, 1.165) is 11.5 Å². The number of aryl methyl sites for hydroxylation is 4. The van der Waals surface area contributed by atoms with E-state index in [1.807, 2.05) is 18.2 Å². The summed E-state index contributed by atoms with van der Waals surface area (Å²) in [6.45, 7) is 8.51. The predicted molar refractivity (Wildman–Crippen MR) is 97.3 cm³/mol. The SMILES string of the molecule is Cc1ccc(Oc2ccc(C)c(-c3cc(C)ccc3C)c2)cc1. The quantitative estimate of drug-likeness (QED) is 0.545. The highest BCUT2D eigenvalue weighted by Gasteiger charge is 2.08. The fourth-order valence-corrected chi connectivity index (χ4v) is 2.72. The molecule has 1 heteroatoms. The molecule has 3 aromatic carbocycles. The third-order valence-electron chi connectivity index (χ3n) is 4.15. The lowest BCUT2D eigenvalue weighted by Crippen LogP contribution is -1.91. The van der Waals surface area contributed by atoms with E-state index in [9.17, 15) is 0 Å². The van der Waals surface area contributed by atoms with Gasteiger partial charge in [-0.15, -0.1) is 0 Å². The minimum Gasteiger partial charge on any atom is -0.457 e. The number of hydrogen-bond acceptors (Lipinski definition) is 1. The Balaban J connectivity index is 1.99. The van der Waals surface area contributed by atoms with E-state index in [-0.39, 0.29) is 0 Å². The van der Waals surface area contributed by atoms with E-state index in [0.29, 0.717) is 0 Å². The molecule has 3 rings (SSSR count). The van der Waals surface area contributed by atoms with Crippen molar-refractivity contribution in [3.05, 3.63) is 82.9 Å². The average molecular weight is 302 g/mol. The molecule has 1 nitrogen and oxygen atoms in total. The highest BCUT2D eigenvalue weighted by molar-refractivity contribution is 5.72. The van der Waals surface area contributed by atoms with Crippen LogP contribution in [0.2, 0.25) is 0 Å². The molecule has 0 saturated carbocycles. The first-order valence-electron chi connectivity index (χ1n) is 7.96. The van der Waals surface area contributed by atoms with Gasteiger partial charge in [-0.3, -0.25) is 0 Å². The standard InChI is InChI=1S/C22H22O/c1-15-6-10-19(11-7-15)23-20-12-9-18(4)22(14-20)21-13-16(2)5-8-17(21)3/h5-14H,1-4H3. The van der Waals surface area contributed by atoms with Gasteiger partial charge < -0.3 is 4.74 Å². The second kappa shape index (κ2) is 6.29. The van der Waals surface area contributed by atoms with Crippen molar-refractivity contribution in [2.75, 3.05) is 0 Å². The van der Waals surface area contributed by atoms with Crippen molar-refractivity contribution in [3.63, 3.8) is 0 Å². The van der Waals surface area contributed by atoms with Crippen LogP contribution in [0.4, 0.5) is 0 Å². The summed E-state index contributed by atoms with van der Waals surface area (Å²) in [7, 11) is 0. The minimum absolute atomic E-state index is 0.867. The molecule has 0 fully saturated rings. The van der Waals surface area contributed by atoms with Crippen LogP contribution in [0.5, 0.6) is 11.5 Å². The Morgan fingerprint density at radius 1 is 0.522 bits per heavy atom. The second-order valence-corrected chi connectivity index (χ2v) is 6.21. The summed E-state index contributed by atoms with van der Waals surface area (Å²) in [6.07, 6.45) is 0. The van der Waals surface area contributed by atoms with Crippen LogP contribution in [0.3, 0.4) is 0 Å². The Bertz CT molecular complexity index is 829. The molecule has 0 bridgehead atoms. The summed E-state index contributed by atoms with van der Waals surface area (Å²) >= 11 is 0. The normalized spacial score (nSPS) is 10.6. The maximum Gasteiger partial charge on any atom is 0.128 e. The summed E-state index contributed by atoms with van der Waals surface area (Å²) < 4.78 is 6.02. The Hall–Kier alpha value is -2.54. The molecule has 0 heterocycles. The molecule has 3 aromatic rings. The van der Waals surface area contributed by atoms with Crippen LogP contribution in [-0.4, -0.2) is 0 Å². The molecular weight excluding hydrogens is 280 g/mol. The molecule has 0 spiro atoms. The predicted octanol–water partition coefficient (Wildman–Crippen LogP) is 6.38. The van der Waals surface area contributed by atoms with Crippen LogP contribution >= 0.6 is 0 Å². The number of rotatable bonds is 3. The Morgan fingerprint density at radius 2 is 1.04 bits per heavy atom. The monoisotopic (exact) mass is 302 g/mol. The van der Waals surface area contributed by atoms with Gasteiger partial charge in [-0.2, -0.15) is 0 Å². The van der Waals surface area contributed by atoms with Crippen LogP contribution < -0.4 is 4.74 Å². The molecule has 0 atom stereocenters. The van der Waals surface area contributed by atoms with Crippen molar-refractivity contribution >= 4 is 0 Å². The molecule has 116 valence electrons.